The van der Waals surface area contributed by atoms with Gasteiger partial charge in [0, 0.05) is 6.20 Å². The number of halogens is 1. The Labute approximate surface area is 62.7 Å². The Bertz CT molecular complexity index is 381. The lowest BCUT2D eigenvalue weighted by Crippen LogP contribution is -1.83. The fourth-order valence-corrected chi connectivity index (χ4v) is 0.927. The molecule has 0 bridgehead atoms. The fraction of sp³-hybridized carbons (Fsp3) is 0. The van der Waals surface area contributed by atoms with Crippen molar-refractivity contribution in [2.24, 2.45) is 0 Å². The number of hydrogen-bond acceptors (Lipinski definition) is 2. The summed E-state index contributed by atoms with van der Waals surface area (Å²) in [5, 5.41) is 0.436. The van der Waals surface area contributed by atoms with E-state index in [4.69, 9.17) is 0 Å². The van der Waals surface area contributed by atoms with Gasteiger partial charge in [0.25, 0.3) is 0 Å². The molecule has 0 aliphatic carbocycles. The summed E-state index contributed by atoms with van der Waals surface area (Å²) < 4.78 is 12.9. The lowest BCUT2D eigenvalue weighted by molar-refractivity contribution is 0.639. The Morgan fingerprint density at radius 3 is 3.09 bits per heavy atom. The average Bonchev–Trinajstić information content (AvgIpc) is 2.06. The Hall–Kier alpha value is -1.51. The first kappa shape index (κ1) is 6.22. The Morgan fingerprint density at radius 2 is 2.27 bits per heavy atom. The molecule has 0 N–H and O–H groups in total. The molecule has 0 atom stereocenters. The lowest BCUT2D eigenvalue weighted by atomic mass is 10.2. The van der Waals surface area contributed by atoms with Gasteiger partial charge in [-0.2, -0.15) is 0 Å². The molecule has 0 unspecified atom stereocenters. The molecule has 0 saturated carbocycles. The van der Waals surface area contributed by atoms with E-state index in [1.54, 1.807) is 12.1 Å². The predicted octanol–water partition coefficient (Wildman–Crippen LogP) is 1.57. The summed E-state index contributed by atoms with van der Waals surface area (Å²) in [6, 6.07) is 4.71. The molecule has 2 aromatic rings. The molecule has 0 spiro atoms. The second-order valence-electron chi connectivity index (χ2n) is 2.14. The van der Waals surface area contributed by atoms with Crippen LogP contribution in [0.15, 0.2) is 24.4 Å². The summed E-state index contributed by atoms with van der Waals surface area (Å²) in [4.78, 5) is 7.36. The normalized spacial score (nSPS) is 10.3. The van der Waals surface area contributed by atoms with Crippen LogP contribution < -0.4 is 0 Å². The van der Waals surface area contributed by atoms with Crippen molar-refractivity contribution >= 4 is 10.9 Å². The number of benzene rings is 1. The minimum Gasteiger partial charge on any atom is -0.233 e. The van der Waals surface area contributed by atoms with Gasteiger partial charge in [0.15, 0.2) is 6.33 Å². The topological polar surface area (TPSA) is 25.8 Å². The van der Waals surface area contributed by atoms with E-state index in [2.05, 4.69) is 16.3 Å². The number of fused-ring (bicyclic) bond motifs is 1. The molecule has 0 fully saturated rings. The van der Waals surface area contributed by atoms with Crippen LogP contribution in [0.4, 0.5) is 4.39 Å². The maximum Gasteiger partial charge on any atom is 0.198 e. The van der Waals surface area contributed by atoms with Crippen LogP contribution in [0.2, 0.25) is 0 Å². The molecule has 2 nitrogen and oxygen atoms in total. The molecule has 1 aromatic heterocycles. The molecule has 3 heteroatoms. The Balaban J connectivity index is 2.91. The van der Waals surface area contributed by atoms with Crippen molar-refractivity contribution in [2.45, 2.75) is 0 Å². The molecular formula is C8H4FN2. The van der Waals surface area contributed by atoms with Gasteiger partial charge in [0.2, 0.25) is 0 Å². The molecule has 2 rings (SSSR count). The molecule has 11 heavy (non-hydrogen) atoms. The highest BCUT2D eigenvalue weighted by Gasteiger charge is 1.98. The fourth-order valence-electron chi connectivity index (χ4n) is 0.927. The summed E-state index contributed by atoms with van der Waals surface area (Å²) in [7, 11) is 0. The lowest BCUT2D eigenvalue weighted by Gasteiger charge is -1.93. The zero-order valence-electron chi connectivity index (χ0n) is 5.58. The molecule has 0 amide bonds. The van der Waals surface area contributed by atoms with Gasteiger partial charge in [0.1, 0.15) is 5.82 Å². The van der Waals surface area contributed by atoms with Gasteiger partial charge in [-0.05, 0) is 12.1 Å². The van der Waals surface area contributed by atoms with Crippen LogP contribution >= 0.6 is 0 Å². The second-order valence-corrected chi connectivity index (χ2v) is 2.14. The maximum atomic E-state index is 12.9. The molecule has 1 aromatic carbocycles. The van der Waals surface area contributed by atoms with E-state index >= 15 is 0 Å². The highest BCUT2D eigenvalue weighted by molar-refractivity contribution is 5.77. The Kier molecular flexibility index (Phi) is 1.28. The molecule has 0 aliphatic heterocycles. The predicted molar refractivity (Wildman–Crippen MR) is 38.3 cm³/mol. The minimum absolute atomic E-state index is 0.295. The second kappa shape index (κ2) is 2.27. The quantitative estimate of drug-likeness (QED) is 0.565. The van der Waals surface area contributed by atoms with Gasteiger partial charge in [-0.1, -0.05) is 6.07 Å². The standard InChI is InChI=1S/C8H4FN2/c9-7-2-1-3-8-6(7)4-10-5-11-8/h1-4H. The van der Waals surface area contributed by atoms with Crippen molar-refractivity contribution < 1.29 is 4.39 Å². The van der Waals surface area contributed by atoms with Gasteiger partial charge in [-0.3, -0.25) is 0 Å². The highest BCUT2D eigenvalue weighted by atomic mass is 19.1. The largest absolute Gasteiger partial charge is 0.233 e. The van der Waals surface area contributed by atoms with Crippen LogP contribution in [0, 0.1) is 12.1 Å². The first-order valence-electron chi connectivity index (χ1n) is 3.15. The molecular weight excluding hydrogens is 143 g/mol. The van der Waals surface area contributed by atoms with Gasteiger partial charge in [0.05, 0.1) is 10.9 Å². The van der Waals surface area contributed by atoms with Crippen LogP contribution in [0.5, 0.6) is 0 Å². The third-order valence-electron chi connectivity index (χ3n) is 1.45. The van der Waals surface area contributed by atoms with Gasteiger partial charge >= 0.3 is 0 Å². The number of nitrogens with zero attached hydrogens (tertiary/aromatic N) is 2. The summed E-state index contributed by atoms with van der Waals surface area (Å²) in [5.41, 5.74) is 0.583. The van der Waals surface area contributed by atoms with Crippen molar-refractivity contribution in [1.82, 2.24) is 9.97 Å². The molecule has 53 valence electrons. The van der Waals surface area contributed by atoms with Crippen LogP contribution in [0.1, 0.15) is 0 Å². The first-order valence-corrected chi connectivity index (χ1v) is 3.15. The maximum absolute atomic E-state index is 12.9. The first-order chi connectivity index (χ1) is 5.38. The SMILES string of the molecule is Fc1cccc2n[c]ncc12. The molecule has 0 aliphatic rings. The summed E-state index contributed by atoms with van der Waals surface area (Å²) in [5.74, 6) is -0.295. The summed E-state index contributed by atoms with van der Waals surface area (Å²) >= 11 is 0. The van der Waals surface area contributed by atoms with Crippen molar-refractivity contribution in [1.29, 1.82) is 0 Å². The van der Waals surface area contributed by atoms with Crippen LogP contribution in [-0.4, -0.2) is 9.97 Å². The zero-order valence-corrected chi connectivity index (χ0v) is 5.58. The van der Waals surface area contributed by atoms with Crippen molar-refractivity contribution in [3.8, 4) is 0 Å². The minimum atomic E-state index is -0.295. The monoisotopic (exact) mass is 147 g/mol. The number of hydrogen-bond donors (Lipinski definition) is 0. The Morgan fingerprint density at radius 1 is 1.36 bits per heavy atom. The summed E-state index contributed by atoms with van der Waals surface area (Å²) in [6.45, 7) is 0. The van der Waals surface area contributed by atoms with Gasteiger partial charge in [-0.25, -0.2) is 14.4 Å². The van der Waals surface area contributed by atoms with Crippen LogP contribution in [0.3, 0.4) is 0 Å². The van der Waals surface area contributed by atoms with E-state index in [0.717, 1.165) is 0 Å². The van der Waals surface area contributed by atoms with Gasteiger partial charge < -0.3 is 0 Å². The van der Waals surface area contributed by atoms with Crippen molar-refractivity contribution in [3.05, 3.63) is 36.5 Å². The van der Waals surface area contributed by atoms with E-state index < -0.39 is 0 Å². The van der Waals surface area contributed by atoms with Crippen LogP contribution in [-0.2, 0) is 0 Å². The van der Waals surface area contributed by atoms with E-state index in [-0.39, 0.29) is 5.82 Å². The molecule has 1 heterocycles. The van der Waals surface area contributed by atoms with Crippen molar-refractivity contribution in [3.63, 3.8) is 0 Å². The number of aromatic nitrogens is 2. The van der Waals surface area contributed by atoms with E-state index in [1.807, 2.05) is 0 Å². The molecule has 0 saturated heterocycles. The van der Waals surface area contributed by atoms with Crippen LogP contribution in [0.25, 0.3) is 10.9 Å². The third kappa shape index (κ3) is 0.941. The third-order valence-corrected chi connectivity index (χ3v) is 1.45. The van der Waals surface area contributed by atoms with E-state index in [9.17, 15) is 4.39 Å². The molecule has 1 radical (unpaired) electrons. The van der Waals surface area contributed by atoms with E-state index in [0.29, 0.717) is 10.9 Å². The van der Waals surface area contributed by atoms with Gasteiger partial charge in [-0.15, -0.1) is 0 Å². The zero-order chi connectivity index (χ0) is 7.68. The van der Waals surface area contributed by atoms with Crippen molar-refractivity contribution in [2.75, 3.05) is 0 Å². The average molecular weight is 147 g/mol. The smallest absolute Gasteiger partial charge is 0.198 e. The van der Waals surface area contributed by atoms with E-state index in [1.165, 1.54) is 12.3 Å². The number of rotatable bonds is 0. The summed E-state index contributed by atoms with van der Waals surface area (Å²) in [6.07, 6.45) is 3.81. The highest BCUT2D eigenvalue weighted by Crippen LogP contribution is 2.12.